The molecule has 1 heterocycles. The van der Waals surface area contributed by atoms with Crippen LogP contribution < -0.4 is 22.3 Å². The van der Waals surface area contributed by atoms with Gasteiger partial charge in [-0.25, -0.2) is 0 Å². The van der Waals surface area contributed by atoms with Gasteiger partial charge in [-0.2, -0.15) is 0 Å². The van der Waals surface area contributed by atoms with E-state index in [1.54, 1.807) is 0 Å². The third-order valence-electron chi connectivity index (χ3n) is 5.06. The highest BCUT2D eigenvalue weighted by Crippen LogP contribution is 2.55. The molecule has 0 amide bonds. The van der Waals surface area contributed by atoms with Crippen LogP contribution in [0.15, 0.2) is 78.9 Å². The molecule has 0 saturated heterocycles. The van der Waals surface area contributed by atoms with Gasteiger partial charge in [0.1, 0.15) is 11.4 Å². The summed E-state index contributed by atoms with van der Waals surface area (Å²) in [6.45, 7) is 6.38. The maximum Gasteiger partial charge on any atom is 0.186 e. The summed E-state index contributed by atoms with van der Waals surface area (Å²) < 4.78 is 0.618. The fourth-order valence-electron chi connectivity index (χ4n) is 4.04. The molecule has 0 bridgehead atoms. The van der Waals surface area contributed by atoms with Crippen LogP contribution in [-0.2, 0) is 0 Å². The molecule has 3 nitrogen and oxygen atoms in total. The Morgan fingerprint density at radius 1 is 0.692 bits per heavy atom. The number of halogens is 1. The molecule has 134 valence electrons. The molecule has 1 N–H and O–H groups in total. The zero-order valence-corrected chi connectivity index (χ0v) is 15.9. The molecule has 0 saturated carbocycles. The molecule has 0 atom stereocenters. The SMILES string of the molecule is CCN(CC)[N+]1(c2ccccc2)c2ccccc2Nc2ccccc21.[Cl-]. The van der Waals surface area contributed by atoms with Crippen molar-refractivity contribution in [2.45, 2.75) is 13.8 Å². The van der Waals surface area contributed by atoms with E-state index in [0.717, 1.165) is 24.5 Å². The van der Waals surface area contributed by atoms with Crippen molar-refractivity contribution in [1.29, 1.82) is 0 Å². The number of hydrogen-bond donors (Lipinski definition) is 1. The Kier molecular flexibility index (Phi) is 5.33. The fraction of sp³-hybridized carbons (Fsp3) is 0.182. The van der Waals surface area contributed by atoms with Crippen LogP contribution in [0.2, 0.25) is 0 Å². The van der Waals surface area contributed by atoms with E-state index >= 15 is 0 Å². The smallest absolute Gasteiger partial charge is 0.186 e. The summed E-state index contributed by atoms with van der Waals surface area (Å²) in [5, 5.41) is 6.13. The number of rotatable bonds is 4. The van der Waals surface area contributed by atoms with Gasteiger partial charge >= 0.3 is 0 Å². The maximum atomic E-state index is 3.63. The normalized spacial score (nSPS) is 14.0. The number of benzene rings is 3. The lowest BCUT2D eigenvalue weighted by atomic mass is 10.1. The minimum atomic E-state index is 0. The molecule has 0 aromatic heterocycles. The van der Waals surface area contributed by atoms with E-state index in [2.05, 4.69) is 103 Å². The van der Waals surface area contributed by atoms with Crippen LogP contribution in [0.3, 0.4) is 0 Å². The Bertz CT molecular complexity index is 830. The van der Waals surface area contributed by atoms with Crippen molar-refractivity contribution in [2.75, 3.05) is 18.4 Å². The Labute approximate surface area is 161 Å². The third-order valence-corrected chi connectivity index (χ3v) is 5.06. The first-order valence-corrected chi connectivity index (χ1v) is 8.98. The van der Waals surface area contributed by atoms with Gasteiger partial charge in [0.25, 0.3) is 0 Å². The molecule has 1 aliphatic heterocycles. The number of nitrogens with one attached hydrogen (secondary N) is 1. The second-order valence-corrected chi connectivity index (χ2v) is 6.27. The van der Waals surface area contributed by atoms with Gasteiger partial charge in [-0.05, 0) is 26.0 Å². The van der Waals surface area contributed by atoms with Crippen LogP contribution >= 0.6 is 0 Å². The van der Waals surface area contributed by atoms with Crippen LogP contribution in [0.1, 0.15) is 13.8 Å². The topological polar surface area (TPSA) is 15.3 Å². The van der Waals surface area contributed by atoms with Crippen LogP contribution in [0.4, 0.5) is 28.4 Å². The highest BCUT2D eigenvalue weighted by atomic mass is 35.5. The van der Waals surface area contributed by atoms with Gasteiger partial charge in [0, 0.05) is 37.4 Å². The van der Waals surface area contributed by atoms with Crippen LogP contribution in [-0.4, -0.2) is 18.1 Å². The lowest BCUT2D eigenvalue weighted by Crippen LogP contribution is -3.00. The predicted octanol–water partition coefficient (Wildman–Crippen LogP) is 2.98. The average Bonchev–Trinajstić information content (AvgIpc) is 2.69. The number of hydrogen-bond acceptors (Lipinski definition) is 2. The van der Waals surface area contributed by atoms with Crippen molar-refractivity contribution >= 4 is 28.4 Å². The first-order chi connectivity index (χ1) is 12.3. The van der Waals surface area contributed by atoms with E-state index in [1.807, 2.05) is 0 Å². The molecule has 0 spiro atoms. The van der Waals surface area contributed by atoms with E-state index in [0.29, 0.717) is 4.59 Å². The van der Waals surface area contributed by atoms with Crippen LogP contribution in [0, 0.1) is 0 Å². The molecule has 4 heteroatoms. The minimum absolute atomic E-state index is 0. The summed E-state index contributed by atoms with van der Waals surface area (Å²) in [7, 11) is 0. The van der Waals surface area contributed by atoms with E-state index in [4.69, 9.17) is 0 Å². The summed E-state index contributed by atoms with van der Waals surface area (Å²) in [6, 6.07) is 28.1. The van der Waals surface area contributed by atoms with Crippen molar-refractivity contribution in [3.8, 4) is 0 Å². The summed E-state index contributed by atoms with van der Waals surface area (Å²) in [5.74, 6) is 0. The van der Waals surface area contributed by atoms with Gasteiger partial charge in [-0.15, -0.1) is 9.60 Å². The molecule has 26 heavy (non-hydrogen) atoms. The maximum absolute atomic E-state index is 3.63. The largest absolute Gasteiger partial charge is 1.00 e. The van der Waals surface area contributed by atoms with E-state index in [1.165, 1.54) is 17.1 Å². The highest BCUT2D eigenvalue weighted by molar-refractivity contribution is 5.92. The summed E-state index contributed by atoms with van der Waals surface area (Å²) in [5.41, 5.74) is 6.11. The van der Waals surface area contributed by atoms with Gasteiger partial charge in [-0.3, -0.25) is 0 Å². The monoisotopic (exact) mass is 365 g/mol. The first-order valence-electron chi connectivity index (χ1n) is 8.98. The minimum Gasteiger partial charge on any atom is -1.00 e. The zero-order chi connectivity index (χ0) is 17.3. The molecule has 3 aromatic rings. The summed E-state index contributed by atoms with van der Waals surface area (Å²) in [4.78, 5) is 0. The standard InChI is InChI=1S/C22H24N3.ClH/c1-3-24(4-2)25(18-12-6-5-7-13-18)21-16-10-8-14-19(21)23-20-15-9-11-17-22(20)25;/h5-17,23H,3-4H2,1-2H3;1H/q+1;/p-1. The molecule has 3 aromatic carbocycles. The number of fused-ring (bicyclic) bond motifs is 2. The van der Waals surface area contributed by atoms with Crippen LogP contribution in [0.5, 0.6) is 0 Å². The number of para-hydroxylation sites is 5. The third kappa shape index (κ3) is 2.60. The number of anilines is 2. The lowest BCUT2D eigenvalue weighted by Gasteiger charge is -2.47. The molecular formula is C22H24ClN3. The Morgan fingerprint density at radius 3 is 1.65 bits per heavy atom. The van der Waals surface area contributed by atoms with Gasteiger partial charge in [0.15, 0.2) is 17.1 Å². The molecule has 4 rings (SSSR count). The van der Waals surface area contributed by atoms with E-state index in [-0.39, 0.29) is 12.4 Å². The second kappa shape index (κ2) is 7.50. The van der Waals surface area contributed by atoms with E-state index < -0.39 is 0 Å². The van der Waals surface area contributed by atoms with Crippen molar-refractivity contribution < 1.29 is 12.4 Å². The first kappa shape index (κ1) is 18.5. The zero-order valence-electron chi connectivity index (χ0n) is 15.2. The summed E-state index contributed by atoms with van der Waals surface area (Å²) in [6.07, 6.45) is 0. The second-order valence-electron chi connectivity index (χ2n) is 6.27. The predicted molar refractivity (Wildman–Crippen MR) is 107 cm³/mol. The number of quaternary nitrogens is 1. The molecule has 0 fully saturated rings. The molecule has 0 unspecified atom stereocenters. The molecule has 0 aliphatic carbocycles. The Morgan fingerprint density at radius 2 is 1.15 bits per heavy atom. The number of nitrogens with zero attached hydrogens (tertiary/aromatic N) is 2. The fourth-order valence-corrected chi connectivity index (χ4v) is 4.04. The molecule has 1 aliphatic rings. The van der Waals surface area contributed by atoms with Gasteiger partial charge in [0.2, 0.25) is 0 Å². The van der Waals surface area contributed by atoms with Crippen LogP contribution in [0.25, 0.3) is 0 Å². The highest BCUT2D eigenvalue weighted by Gasteiger charge is 2.47. The Hall–Kier alpha value is -2.33. The quantitative estimate of drug-likeness (QED) is 0.715. The van der Waals surface area contributed by atoms with Gasteiger partial charge in [0.05, 0.1) is 0 Å². The van der Waals surface area contributed by atoms with Crippen molar-refractivity contribution in [2.24, 2.45) is 0 Å². The molecular weight excluding hydrogens is 342 g/mol. The molecule has 0 radical (unpaired) electrons. The van der Waals surface area contributed by atoms with Crippen molar-refractivity contribution in [3.63, 3.8) is 0 Å². The van der Waals surface area contributed by atoms with Crippen molar-refractivity contribution in [3.05, 3.63) is 78.9 Å². The lowest BCUT2D eigenvalue weighted by molar-refractivity contribution is -0.00000500. The van der Waals surface area contributed by atoms with E-state index in [9.17, 15) is 0 Å². The Balaban J connectivity index is 0.00000196. The van der Waals surface area contributed by atoms with Crippen molar-refractivity contribution in [1.82, 2.24) is 9.60 Å². The summed E-state index contributed by atoms with van der Waals surface area (Å²) >= 11 is 0. The van der Waals surface area contributed by atoms with Gasteiger partial charge in [-0.1, -0.05) is 42.5 Å². The van der Waals surface area contributed by atoms with Gasteiger partial charge < -0.3 is 17.7 Å². The average molecular weight is 366 g/mol.